The average Bonchev–Trinajstić information content (AvgIpc) is 2.77. The predicted octanol–water partition coefficient (Wildman–Crippen LogP) is 3.89. The molecule has 0 fully saturated rings. The van der Waals surface area contributed by atoms with Crippen molar-refractivity contribution in [1.82, 2.24) is 0 Å². The molecule has 1 unspecified atom stereocenters. The molecule has 9 heteroatoms. The number of carboxylic acid groups (broad SMARTS) is 3. The minimum absolute atomic E-state index is 0.0781. The van der Waals surface area contributed by atoms with E-state index >= 15 is 0 Å². The number of carbonyl (C=O) groups excluding carboxylic acids is 1. The minimum atomic E-state index is -1.79. The Morgan fingerprint density at radius 1 is 0.829 bits per heavy atom. The van der Waals surface area contributed by atoms with Crippen molar-refractivity contribution >= 4 is 29.5 Å². The topological polar surface area (TPSA) is 161 Å². The van der Waals surface area contributed by atoms with Gasteiger partial charge in [0.1, 0.15) is 0 Å². The largest absolute Gasteiger partial charge is 0.481 e. The van der Waals surface area contributed by atoms with Crippen molar-refractivity contribution in [3.05, 3.63) is 64.7 Å². The van der Waals surface area contributed by atoms with Crippen molar-refractivity contribution in [2.24, 2.45) is 0 Å². The maximum atomic E-state index is 12.5. The maximum Gasteiger partial charge on any atom is 0.335 e. The number of nitrogens with one attached hydrogen (secondary N) is 1. The average molecular weight is 486 g/mol. The number of amides is 1. The maximum absolute atomic E-state index is 12.5. The fourth-order valence-electron chi connectivity index (χ4n) is 3.89. The first-order valence-electron chi connectivity index (χ1n) is 11.1. The Kier molecular flexibility index (Phi) is 8.41. The first kappa shape index (κ1) is 27.5. The van der Waals surface area contributed by atoms with Gasteiger partial charge in [-0.1, -0.05) is 33.8 Å². The van der Waals surface area contributed by atoms with Crippen molar-refractivity contribution in [3.63, 3.8) is 0 Å². The zero-order valence-electron chi connectivity index (χ0n) is 20.2. The highest BCUT2D eigenvalue weighted by Crippen LogP contribution is 2.46. The van der Waals surface area contributed by atoms with Crippen LogP contribution in [0, 0.1) is 0 Å². The normalized spacial score (nSPS) is 16.0. The highest BCUT2D eigenvalue weighted by molar-refractivity contribution is 6.04. The summed E-state index contributed by atoms with van der Waals surface area (Å²) in [7, 11) is 0. The van der Waals surface area contributed by atoms with E-state index in [1.54, 1.807) is 0 Å². The lowest BCUT2D eigenvalue weighted by atomic mass is 9.63. The van der Waals surface area contributed by atoms with E-state index in [4.69, 9.17) is 20.4 Å². The van der Waals surface area contributed by atoms with Gasteiger partial charge in [-0.2, -0.15) is 0 Å². The molecule has 5 N–H and O–H groups in total. The van der Waals surface area contributed by atoms with Crippen molar-refractivity contribution in [1.29, 1.82) is 0 Å². The Bertz CT molecular complexity index is 1120. The van der Waals surface area contributed by atoms with Gasteiger partial charge in [0, 0.05) is 11.3 Å². The van der Waals surface area contributed by atoms with E-state index in [-0.39, 0.29) is 22.3 Å². The molecule has 0 heterocycles. The quantitative estimate of drug-likeness (QED) is 0.412. The summed E-state index contributed by atoms with van der Waals surface area (Å²) in [5, 5.41) is 36.0. The van der Waals surface area contributed by atoms with Gasteiger partial charge in [0.2, 0.25) is 0 Å². The van der Waals surface area contributed by atoms with Crippen LogP contribution < -0.4 is 5.32 Å². The molecule has 0 bridgehead atoms. The first-order chi connectivity index (χ1) is 16.1. The van der Waals surface area contributed by atoms with Crippen LogP contribution >= 0.6 is 0 Å². The van der Waals surface area contributed by atoms with Crippen molar-refractivity contribution < 1.29 is 39.6 Å². The third kappa shape index (κ3) is 7.13. The minimum Gasteiger partial charge on any atom is -0.481 e. The summed E-state index contributed by atoms with van der Waals surface area (Å²) in [4.78, 5) is 42.8. The van der Waals surface area contributed by atoms with Gasteiger partial charge in [-0.3, -0.25) is 9.59 Å². The molecule has 1 amide bonds. The van der Waals surface area contributed by atoms with Crippen LogP contribution in [0.1, 0.15) is 78.8 Å². The number of anilines is 1. The number of aliphatic carboxylic acids is 2. The van der Waals surface area contributed by atoms with Gasteiger partial charge in [-0.05, 0) is 71.2 Å². The first-order valence-corrected chi connectivity index (χ1v) is 11.1. The van der Waals surface area contributed by atoms with Crippen molar-refractivity contribution in [2.75, 3.05) is 5.32 Å². The van der Waals surface area contributed by atoms with Gasteiger partial charge in [0.25, 0.3) is 5.91 Å². The molecule has 0 saturated heterocycles. The fourth-order valence-corrected chi connectivity index (χ4v) is 3.89. The summed E-state index contributed by atoms with van der Waals surface area (Å²) in [6.07, 6.45) is -0.284. The SMILES string of the molecule is CC1(C)CCC(C)(C)c2cc(NC(=O)c3ccc(C(=O)O)cc3)ccc21.O=C(O)CC(O)C(=O)O. The van der Waals surface area contributed by atoms with Gasteiger partial charge in [-0.25, -0.2) is 9.59 Å². The molecular weight excluding hydrogens is 454 g/mol. The van der Waals surface area contributed by atoms with Gasteiger partial charge in [0.05, 0.1) is 12.0 Å². The van der Waals surface area contributed by atoms with Crippen LogP contribution in [0.4, 0.5) is 5.69 Å². The monoisotopic (exact) mass is 485 g/mol. The number of hydrogen-bond donors (Lipinski definition) is 5. The molecule has 1 atom stereocenters. The highest BCUT2D eigenvalue weighted by Gasteiger charge is 2.37. The van der Waals surface area contributed by atoms with Crippen LogP contribution in [0.3, 0.4) is 0 Å². The Hall–Kier alpha value is -3.72. The van der Waals surface area contributed by atoms with Crippen molar-refractivity contribution in [3.8, 4) is 0 Å². The van der Waals surface area contributed by atoms with E-state index in [1.165, 1.54) is 35.4 Å². The smallest absolute Gasteiger partial charge is 0.335 e. The van der Waals surface area contributed by atoms with E-state index in [0.29, 0.717) is 5.56 Å². The van der Waals surface area contributed by atoms with Gasteiger partial charge >= 0.3 is 17.9 Å². The van der Waals surface area contributed by atoms with Crippen LogP contribution in [0.5, 0.6) is 0 Å². The molecule has 1 aliphatic rings. The summed E-state index contributed by atoms with van der Waals surface area (Å²) < 4.78 is 0. The number of aromatic carboxylic acids is 1. The highest BCUT2D eigenvalue weighted by atomic mass is 16.4. The third-order valence-electron chi connectivity index (χ3n) is 6.16. The molecule has 0 spiro atoms. The number of benzene rings is 2. The number of aliphatic hydroxyl groups is 1. The number of rotatable bonds is 6. The molecule has 3 rings (SSSR count). The predicted molar refractivity (Wildman–Crippen MR) is 129 cm³/mol. The Morgan fingerprint density at radius 3 is 1.80 bits per heavy atom. The summed E-state index contributed by atoms with van der Waals surface area (Å²) in [6, 6.07) is 12.1. The lowest BCUT2D eigenvalue weighted by molar-refractivity contribution is -0.152. The molecule has 0 saturated carbocycles. The van der Waals surface area contributed by atoms with Gasteiger partial charge in [-0.15, -0.1) is 0 Å². The van der Waals surface area contributed by atoms with E-state index in [9.17, 15) is 19.2 Å². The summed E-state index contributed by atoms with van der Waals surface area (Å²) in [6.45, 7) is 9.03. The second kappa shape index (κ2) is 10.7. The summed E-state index contributed by atoms with van der Waals surface area (Å²) in [5.74, 6) is -4.09. The Morgan fingerprint density at radius 2 is 1.34 bits per heavy atom. The van der Waals surface area contributed by atoms with E-state index < -0.39 is 30.4 Å². The number of carbonyl (C=O) groups is 4. The fraction of sp³-hybridized carbons (Fsp3) is 0.385. The molecule has 1 aliphatic carbocycles. The standard InChI is InChI=1S/C22H25NO3.C4H6O5/c1-21(2)11-12-22(3,4)18-13-16(9-10-17(18)21)23-19(24)14-5-7-15(8-6-14)20(25)26;5-2(4(8)9)1-3(6)7/h5-10,13H,11-12H2,1-4H3,(H,23,24)(H,25,26);2,5H,1H2,(H,6,7)(H,8,9). The van der Waals surface area contributed by atoms with E-state index in [0.717, 1.165) is 18.5 Å². The van der Waals surface area contributed by atoms with E-state index in [1.807, 2.05) is 6.07 Å². The molecule has 2 aromatic carbocycles. The molecule has 0 aliphatic heterocycles. The van der Waals surface area contributed by atoms with Crippen LogP contribution in [0.15, 0.2) is 42.5 Å². The molecular formula is C26H31NO8. The molecule has 35 heavy (non-hydrogen) atoms. The lowest BCUT2D eigenvalue weighted by Crippen LogP contribution is -2.33. The third-order valence-corrected chi connectivity index (χ3v) is 6.16. The number of carboxylic acids is 3. The van der Waals surface area contributed by atoms with Crippen LogP contribution in [-0.2, 0) is 20.4 Å². The molecule has 188 valence electrons. The zero-order chi connectivity index (χ0) is 26.6. The summed E-state index contributed by atoms with van der Waals surface area (Å²) in [5.41, 5.74) is 4.22. The Balaban J connectivity index is 0.000000410. The molecule has 0 radical (unpaired) electrons. The number of fused-ring (bicyclic) bond motifs is 1. The molecule has 2 aromatic rings. The van der Waals surface area contributed by atoms with Crippen LogP contribution in [0.25, 0.3) is 0 Å². The van der Waals surface area contributed by atoms with Crippen LogP contribution in [0.2, 0.25) is 0 Å². The van der Waals surface area contributed by atoms with Crippen molar-refractivity contribution in [2.45, 2.75) is 63.9 Å². The lowest BCUT2D eigenvalue weighted by Gasteiger charge is -2.42. The number of aliphatic hydroxyl groups excluding tert-OH is 1. The van der Waals surface area contributed by atoms with Gasteiger partial charge in [0.15, 0.2) is 6.10 Å². The molecule has 0 aromatic heterocycles. The Labute approximate surface area is 203 Å². The van der Waals surface area contributed by atoms with E-state index in [2.05, 4.69) is 45.1 Å². The zero-order valence-corrected chi connectivity index (χ0v) is 20.2. The van der Waals surface area contributed by atoms with Gasteiger partial charge < -0.3 is 25.7 Å². The van der Waals surface area contributed by atoms with Crippen LogP contribution in [-0.4, -0.2) is 50.3 Å². The second-order valence-corrected chi connectivity index (χ2v) is 9.82. The second-order valence-electron chi connectivity index (χ2n) is 9.82. The summed E-state index contributed by atoms with van der Waals surface area (Å²) >= 11 is 0. The number of hydrogen-bond acceptors (Lipinski definition) is 5. The molecule has 9 nitrogen and oxygen atoms in total.